The third-order valence-corrected chi connectivity index (χ3v) is 6.17. The highest BCUT2D eigenvalue weighted by molar-refractivity contribution is 5.97. The van der Waals surface area contributed by atoms with Gasteiger partial charge in [-0.25, -0.2) is 4.79 Å². The normalized spacial score (nSPS) is 14.4. The standard InChI is InChI=1S/C24H31N3O5/c1-14-10-15(2)19(16(3)11-14)13-26-22(30)20(21(29)25-12-17(4)28)23(31)27(24(26)32)18-8-6-5-7-9-18/h10-11,18,31H,5-9,12-13H2,1-4H3,(H,25,29). The van der Waals surface area contributed by atoms with Gasteiger partial charge in [-0.3, -0.25) is 23.5 Å². The maximum Gasteiger partial charge on any atom is 0.334 e. The maximum atomic E-state index is 13.4. The average Bonchev–Trinajstić information content (AvgIpc) is 2.72. The molecule has 172 valence electrons. The van der Waals surface area contributed by atoms with Gasteiger partial charge in [-0.1, -0.05) is 37.0 Å². The Morgan fingerprint density at radius 2 is 1.66 bits per heavy atom. The molecule has 0 atom stereocenters. The number of hydrogen-bond donors (Lipinski definition) is 2. The summed E-state index contributed by atoms with van der Waals surface area (Å²) >= 11 is 0. The summed E-state index contributed by atoms with van der Waals surface area (Å²) in [5.41, 5.74) is 1.79. The lowest BCUT2D eigenvalue weighted by molar-refractivity contribution is -0.116. The minimum atomic E-state index is -0.863. The molecular weight excluding hydrogens is 410 g/mol. The predicted octanol–water partition coefficient (Wildman–Crippen LogP) is 2.51. The van der Waals surface area contributed by atoms with Gasteiger partial charge in [0, 0.05) is 6.04 Å². The fourth-order valence-electron chi connectivity index (χ4n) is 4.58. The molecule has 1 fully saturated rings. The summed E-state index contributed by atoms with van der Waals surface area (Å²) in [5, 5.41) is 13.3. The Kier molecular flexibility index (Phi) is 7.01. The smallest absolute Gasteiger partial charge is 0.334 e. The summed E-state index contributed by atoms with van der Waals surface area (Å²) in [6.07, 6.45) is 4.21. The fourth-order valence-corrected chi connectivity index (χ4v) is 4.58. The van der Waals surface area contributed by atoms with E-state index >= 15 is 0 Å². The van der Waals surface area contributed by atoms with E-state index in [1.807, 2.05) is 32.9 Å². The Bertz CT molecular complexity index is 1150. The first-order valence-corrected chi connectivity index (χ1v) is 11.0. The van der Waals surface area contributed by atoms with Gasteiger partial charge in [-0.2, -0.15) is 0 Å². The van der Waals surface area contributed by atoms with Gasteiger partial charge in [-0.05, 0) is 57.2 Å². The number of aromatic nitrogens is 2. The molecule has 1 aromatic heterocycles. The van der Waals surface area contributed by atoms with Crippen molar-refractivity contribution >= 4 is 11.7 Å². The van der Waals surface area contributed by atoms with E-state index in [0.717, 1.165) is 46.1 Å². The lowest BCUT2D eigenvalue weighted by Crippen LogP contribution is -2.46. The zero-order valence-corrected chi connectivity index (χ0v) is 19.2. The Balaban J connectivity index is 2.21. The monoisotopic (exact) mass is 441 g/mol. The number of benzene rings is 1. The van der Waals surface area contributed by atoms with E-state index in [9.17, 15) is 24.3 Å². The summed E-state index contributed by atoms with van der Waals surface area (Å²) in [5.74, 6) is -1.77. The van der Waals surface area contributed by atoms with E-state index < -0.39 is 28.6 Å². The van der Waals surface area contributed by atoms with Crippen molar-refractivity contribution in [3.8, 4) is 5.88 Å². The number of rotatable bonds is 6. The Labute approximate surface area is 186 Å². The van der Waals surface area contributed by atoms with Crippen molar-refractivity contribution in [2.45, 2.75) is 72.4 Å². The number of nitrogens with one attached hydrogen (secondary N) is 1. The third kappa shape index (κ3) is 4.69. The molecule has 0 spiro atoms. The summed E-state index contributed by atoms with van der Waals surface area (Å²) < 4.78 is 2.23. The van der Waals surface area contributed by atoms with Crippen LogP contribution in [0, 0.1) is 20.8 Å². The minimum Gasteiger partial charge on any atom is -0.494 e. The predicted molar refractivity (Wildman–Crippen MR) is 122 cm³/mol. The first-order valence-electron chi connectivity index (χ1n) is 11.0. The second-order valence-electron chi connectivity index (χ2n) is 8.80. The van der Waals surface area contributed by atoms with E-state index in [2.05, 4.69) is 5.32 Å². The van der Waals surface area contributed by atoms with Crippen LogP contribution in [0.1, 0.15) is 77.7 Å². The zero-order chi connectivity index (χ0) is 23.6. The van der Waals surface area contributed by atoms with Crippen molar-refractivity contribution < 1.29 is 14.7 Å². The number of hydrogen-bond acceptors (Lipinski definition) is 5. The molecule has 1 aromatic carbocycles. The molecule has 0 aliphatic heterocycles. The second kappa shape index (κ2) is 9.54. The highest BCUT2D eigenvalue weighted by atomic mass is 16.3. The zero-order valence-electron chi connectivity index (χ0n) is 19.2. The number of nitrogens with zero attached hydrogens (tertiary/aromatic N) is 2. The largest absolute Gasteiger partial charge is 0.494 e. The summed E-state index contributed by atoms with van der Waals surface area (Å²) in [6.45, 7) is 6.85. The fraction of sp³-hybridized carbons (Fsp3) is 0.500. The number of aromatic hydroxyl groups is 1. The van der Waals surface area contributed by atoms with E-state index in [1.54, 1.807) is 0 Å². The number of Topliss-reactive ketones (excluding diaryl/α,β-unsaturated/α-hetero) is 1. The van der Waals surface area contributed by atoms with Crippen LogP contribution in [0.5, 0.6) is 5.88 Å². The molecule has 1 aliphatic rings. The summed E-state index contributed by atoms with van der Waals surface area (Å²) in [6, 6.07) is 3.67. The molecule has 1 saturated carbocycles. The van der Waals surface area contributed by atoms with Gasteiger partial charge in [0.2, 0.25) is 5.88 Å². The Morgan fingerprint density at radius 1 is 1.06 bits per heavy atom. The van der Waals surface area contributed by atoms with Crippen LogP contribution in [0.15, 0.2) is 21.7 Å². The van der Waals surface area contributed by atoms with Crippen LogP contribution in [0.25, 0.3) is 0 Å². The molecule has 0 bridgehead atoms. The molecule has 8 nitrogen and oxygen atoms in total. The van der Waals surface area contributed by atoms with Crippen LogP contribution in [0.2, 0.25) is 0 Å². The SMILES string of the molecule is CC(=O)CNC(=O)c1c(O)n(C2CCCCC2)c(=O)n(Cc2c(C)cc(C)cc2C)c1=O. The second-order valence-corrected chi connectivity index (χ2v) is 8.80. The number of amides is 1. The first kappa shape index (κ1) is 23.5. The molecule has 1 amide bonds. The Hall–Kier alpha value is -3.16. The van der Waals surface area contributed by atoms with E-state index in [4.69, 9.17) is 0 Å². The van der Waals surface area contributed by atoms with Gasteiger partial charge in [-0.15, -0.1) is 0 Å². The number of carbonyl (C=O) groups is 2. The number of carbonyl (C=O) groups excluding carboxylic acids is 2. The van der Waals surface area contributed by atoms with Crippen molar-refractivity contribution in [3.63, 3.8) is 0 Å². The molecule has 0 radical (unpaired) electrons. The van der Waals surface area contributed by atoms with Crippen LogP contribution >= 0.6 is 0 Å². The van der Waals surface area contributed by atoms with E-state index in [0.29, 0.717) is 12.8 Å². The van der Waals surface area contributed by atoms with Crippen molar-refractivity contribution in [2.24, 2.45) is 0 Å². The molecule has 1 heterocycles. The van der Waals surface area contributed by atoms with Gasteiger partial charge < -0.3 is 10.4 Å². The molecule has 3 rings (SSSR count). The topological polar surface area (TPSA) is 110 Å². The highest BCUT2D eigenvalue weighted by Gasteiger charge is 2.29. The van der Waals surface area contributed by atoms with Crippen molar-refractivity contribution in [1.82, 2.24) is 14.5 Å². The van der Waals surface area contributed by atoms with Crippen molar-refractivity contribution in [2.75, 3.05) is 6.54 Å². The van der Waals surface area contributed by atoms with Crippen LogP contribution < -0.4 is 16.6 Å². The van der Waals surface area contributed by atoms with Crippen LogP contribution in [0.4, 0.5) is 0 Å². The van der Waals surface area contributed by atoms with Crippen LogP contribution in [-0.4, -0.2) is 32.5 Å². The number of aryl methyl sites for hydroxylation is 3. The van der Waals surface area contributed by atoms with Crippen molar-refractivity contribution in [1.29, 1.82) is 0 Å². The summed E-state index contributed by atoms with van der Waals surface area (Å²) in [7, 11) is 0. The molecule has 2 N–H and O–H groups in total. The number of ketones is 1. The van der Waals surface area contributed by atoms with Crippen molar-refractivity contribution in [3.05, 3.63) is 60.8 Å². The van der Waals surface area contributed by atoms with E-state index in [-0.39, 0.29) is 24.9 Å². The third-order valence-electron chi connectivity index (χ3n) is 6.17. The quantitative estimate of drug-likeness (QED) is 0.716. The van der Waals surface area contributed by atoms with E-state index in [1.165, 1.54) is 11.5 Å². The van der Waals surface area contributed by atoms with Crippen LogP contribution in [-0.2, 0) is 11.3 Å². The van der Waals surface area contributed by atoms with Crippen LogP contribution in [0.3, 0.4) is 0 Å². The molecule has 2 aromatic rings. The lowest BCUT2D eigenvalue weighted by atomic mass is 9.95. The minimum absolute atomic E-state index is 0.00436. The molecular formula is C24H31N3O5. The lowest BCUT2D eigenvalue weighted by Gasteiger charge is -2.26. The molecule has 0 saturated heterocycles. The van der Waals surface area contributed by atoms with Gasteiger partial charge >= 0.3 is 5.69 Å². The molecule has 1 aliphatic carbocycles. The molecule has 8 heteroatoms. The summed E-state index contributed by atoms with van der Waals surface area (Å²) in [4.78, 5) is 50.8. The van der Waals surface area contributed by atoms with Gasteiger partial charge in [0.15, 0.2) is 5.56 Å². The molecule has 0 unspecified atom stereocenters. The average molecular weight is 442 g/mol. The van der Waals surface area contributed by atoms with Gasteiger partial charge in [0.1, 0.15) is 5.78 Å². The Morgan fingerprint density at radius 3 is 2.22 bits per heavy atom. The maximum absolute atomic E-state index is 13.4. The highest BCUT2D eigenvalue weighted by Crippen LogP contribution is 2.30. The first-order chi connectivity index (χ1) is 15.1. The molecule has 32 heavy (non-hydrogen) atoms. The van der Waals surface area contributed by atoms with Gasteiger partial charge in [0.05, 0.1) is 13.1 Å². The van der Waals surface area contributed by atoms with Gasteiger partial charge in [0.25, 0.3) is 11.5 Å².